The number of aryl methyl sites for hydroxylation is 1. The molecule has 0 fully saturated rings. The molecule has 0 bridgehead atoms. The van der Waals surface area contributed by atoms with Gasteiger partial charge in [0.25, 0.3) is 0 Å². The average Bonchev–Trinajstić information content (AvgIpc) is 3.11. The first-order valence-electron chi connectivity index (χ1n) is 7.14. The van der Waals surface area contributed by atoms with Crippen molar-refractivity contribution in [1.82, 2.24) is 20.2 Å². The molecular formula is C16H14ClN5OS. The second-order valence-corrected chi connectivity index (χ2v) is 6.53. The van der Waals surface area contributed by atoms with Crippen LogP contribution in [-0.2, 0) is 4.79 Å². The first kappa shape index (κ1) is 16.5. The monoisotopic (exact) mass is 359 g/mol. The quantitative estimate of drug-likeness (QED) is 0.707. The number of carbonyl (C=O) groups excluding carboxylic acids is 1. The van der Waals surface area contributed by atoms with Gasteiger partial charge in [0, 0.05) is 15.6 Å². The summed E-state index contributed by atoms with van der Waals surface area (Å²) in [5.41, 5.74) is 2.49. The van der Waals surface area contributed by atoms with Gasteiger partial charge in [0.1, 0.15) is 6.33 Å². The minimum absolute atomic E-state index is 0.0769. The Morgan fingerprint density at radius 3 is 2.75 bits per heavy atom. The van der Waals surface area contributed by atoms with Crippen LogP contribution in [0.15, 0.2) is 53.7 Å². The normalized spacial score (nSPS) is 10.6. The van der Waals surface area contributed by atoms with E-state index in [4.69, 9.17) is 11.6 Å². The molecule has 2 aromatic carbocycles. The van der Waals surface area contributed by atoms with E-state index in [0.717, 1.165) is 21.8 Å². The minimum atomic E-state index is -0.0769. The minimum Gasteiger partial charge on any atom is -0.325 e. The number of hydrogen-bond acceptors (Lipinski definition) is 5. The highest BCUT2D eigenvalue weighted by Gasteiger charge is 2.08. The van der Waals surface area contributed by atoms with Crippen molar-refractivity contribution < 1.29 is 4.79 Å². The highest BCUT2D eigenvalue weighted by molar-refractivity contribution is 8.00. The molecule has 0 unspecified atom stereocenters. The van der Waals surface area contributed by atoms with Crippen molar-refractivity contribution in [3.8, 4) is 5.69 Å². The van der Waals surface area contributed by atoms with Crippen LogP contribution in [-0.4, -0.2) is 31.9 Å². The van der Waals surface area contributed by atoms with Gasteiger partial charge in [-0.3, -0.25) is 4.79 Å². The molecule has 1 N–H and O–H groups in total. The van der Waals surface area contributed by atoms with E-state index in [2.05, 4.69) is 20.8 Å². The summed E-state index contributed by atoms with van der Waals surface area (Å²) in [5, 5.41) is 14.7. The molecule has 3 aromatic rings. The van der Waals surface area contributed by atoms with Crippen LogP contribution in [0.3, 0.4) is 0 Å². The molecule has 1 heterocycles. The molecule has 0 aliphatic heterocycles. The molecule has 0 saturated carbocycles. The highest BCUT2D eigenvalue weighted by Crippen LogP contribution is 2.22. The van der Waals surface area contributed by atoms with Crippen molar-refractivity contribution in [1.29, 1.82) is 0 Å². The summed E-state index contributed by atoms with van der Waals surface area (Å²) in [7, 11) is 0. The second kappa shape index (κ2) is 7.46. The van der Waals surface area contributed by atoms with Gasteiger partial charge in [0.05, 0.1) is 11.4 Å². The van der Waals surface area contributed by atoms with Gasteiger partial charge in [0.15, 0.2) is 0 Å². The summed E-state index contributed by atoms with van der Waals surface area (Å²) in [6, 6.07) is 13.1. The van der Waals surface area contributed by atoms with Crippen LogP contribution in [0.2, 0.25) is 5.02 Å². The van der Waals surface area contributed by atoms with Crippen molar-refractivity contribution >= 4 is 35.0 Å². The lowest BCUT2D eigenvalue weighted by molar-refractivity contribution is -0.113. The molecule has 0 radical (unpaired) electrons. The van der Waals surface area contributed by atoms with Gasteiger partial charge in [-0.2, -0.15) is 0 Å². The first-order valence-corrected chi connectivity index (χ1v) is 8.50. The molecule has 0 aliphatic carbocycles. The van der Waals surface area contributed by atoms with Crippen molar-refractivity contribution in [3.63, 3.8) is 0 Å². The number of hydrogen-bond donors (Lipinski definition) is 1. The Morgan fingerprint density at radius 1 is 1.25 bits per heavy atom. The summed E-state index contributed by atoms with van der Waals surface area (Å²) in [4.78, 5) is 13.2. The molecule has 122 valence electrons. The number of benzene rings is 2. The smallest absolute Gasteiger partial charge is 0.234 e. The van der Waals surface area contributed by atoms with Crippen LogP contribution in [0.1, 0.15) is 5.56 Å². The van der Waals surface area contributed by atoms with Crippen LogP contribution in [0.4, 0.5) is 5.69 Å². The third-order valence-corrected chi connectivity index (χ3v) is 4.56. The lowest BCUT2D eigenvalue weighted by atomic mass is 10.2. The molecule has 0 atom stereocenters. The first-order chi connectivity index (χ1) is 11.6. The summed E-state index contributed by atoms with van der Waals surface area (Å²) >= 11 is 7.31. The number of aromatic nitrogens is 4. The van der Waals surface area contributed by atoms with E-state index in [1.807, 2.05) is 49.4 Å². The van der Waals surface area contributed by atoms with Gasteiger partial charge >= 0.3 is 0 Å². The molecule has 24 heavy (non-hydrogen) atoms. The van der Waals surface area contributed by atoms with Crippen LogP contribution < -0.4 is 5.32 Å². The molecule has 1 amide bonds. The Hall–Kier alpha value is -2.38. The number of halogens is 1. The van der Waals surface area contributed by atoms with Crippen LogP contribution in [0, 0.1) is 6.92 Å². The van der Waals surface area contributed by atoms with Crippen LogP contribution in [0.25, 0.3) is 5.69 Å². The largest absolute Gasteiger partial charge is 0.325 e. The number of amides is 1. The Labute approximate surface area is 148 Å². The number of carbonyl (C=O) groups is 1. The van der Waals surface area contributed by atoms with Gasteiger partial charge in [-0.15, -0.1) is 16.9 Å². The summed E-state index contributed by atoms with van der Waals surface area (Å²) in [6.45, 7) is 1.94. The fourth-order valence-electron chi connectivity index (χ4n) is 2.03. The number of nitrogens with zero attached hydrogens (tertiary/aromatic N) is 4. The molecule has 8 heteroatoms. The highest BCUT2D eigenvalue weighted by atomic mass is 35.5. The van der Waals surface area contributed by atoms with Crippen molar-refractivity contribution in [2.45, 2.75) is 11.8 Å². The zero-order valence-corrected chi connectivity index (χ0v) is 14.4. The molecule has 0 spiro atoms. The number of thioether (sulfide) groups is 1. The van der Waals surface area contributed by atoms with Crippen molar-refractivity contribution in [2.24, 2.45) is 0 Å². The lowest BCUT2D eigenvalue weighted by Crippen LogP contribution is -2.15. The van der Waals surface area contributed by atoms with E-state index in [0.29, 0.717) is 10.8 Å². The molecule has 1 aromatic heterocycles. The maximum absolute atomic E-state index is 12.2. The molecule has 3 rings (SSSR count). The van der Waals surface area contributed by atoms with E-state index < -0.39 is 0 Å². The Kier molecular flexibility index (Phi) is 5.12. The van der Waals surface area contributed by atoms with Gasteiger partial charge < -0.3 is 5.32 Å². The number of tetrazole rings is 1. The van der Waals surface area contributed by atoms with E-state index in [1.54, 1.807) is 0 Å². The zero-order chi connectivity index (χ0) is 16.9. The Balaban J connectivity index is 1.65. The van der Waals surface area contributed by atoms with E-state index in [9.17, 15) is 4.79 Å². The number of nitrogens with one attached hydrogen (secondary N) is 1. The van der Waals surface area contributed by atoms with Crippen LogP contribution in [0.5, 0.6) is 0 Å². The summed E-state index contributed by atoms with van der Waals surface area (Å²) < 4.78 is 1.54. The van der Waals surface area contributed by atoms with Gasteiger partial charge in [-0.1, -0.05) is 17.7 Å². The fourth-order valence-corrected chi connectivity index (χ4v) is 2.86. The standard InChI is InChI=1S/C16H14ClN5OS/c1-11-2-5-13(22-10-18-20-21-22)8-15(11)19-16(23)9-24-14-6-3-12(17)4-7-14/h2-8,10H,9H2,1H3,(H,19,23). The van der Waals surface area contributed by atoms with Crippen molar-refractivity contribution in [3.05, 3.63) is 59.4 Å². The predicted molar refractivity (Wildman–Crippen MR) is 94.7 cm³/mol. The maximum Gasteiger partial charge on any atom is 0.234 e. The van der Waals surface area contributed by atoms with Crippen molar-refractivity contribution in [2.75, 3.05) is 11.1 Å². The summed E-state index contributed by atoms with van der Waals surface area (Å²) in [5.74, 6) is 0.239. The molecule has 6 nitrogen and oxygen atoms in total. The number of rotatable bonds is 5. The fraction of sp³-hybridized carbons (Fsp3) is 0.125. The SMILES string of the molecule is Cc1ccc(-n2cnnn2)cc1NC(=O)CSc1ccc(Cl)cc1. The summed E-state index contributed by atoms with van der Waals surface area (Å²) in [6.07, 6.45) is 1.51. The van der Waals surface area contributed by atoms with Gasteiger partial charge in [-0.25, -0.2) is 4.68 Å². The Morgan fingerprint density at radius 2 is 2.04 bits per heavy atom. The molecule has 0 aliphatic rings. The third kappa shape index (κ3) is 4.12. The third-order valence-electron chi connectivity index (χ3n) is 3.29. The topological polar surface area (TPSA) is 72.7 Å². The van der Waals surface area contributed by atoms with E-state index in [-0.39, 0.29) is 5.91 Å². The average molecular weight is 360 g/mol. The predicted octanol–water partition coefficient (Wildman–Crippen LogP) is 3.35. The van der Waals surface area contributed by atoms with E-state index >= 15 is 0 Å². The van der Waals surface area contributed by atoms with Gasteiger partial charge in [-0.05, 0) is 59.3 Å². The lowest BCUT2D eigenvalue weighted by Gasteiger charge is -2.10. The molecular weight excluding hydrogens is 346 g/mol. The molecule has 0 saturated heterocycles. The van der Waals surface area contributed by atoms with E-state index in [1.165, 1.54) is 22.8 Å². The van der Waals surface area contributed by atoms with Crippen LogP contribution >= 0.6 is 23.4 Å². The second-order valence-electron chi connectivity index (χ2n) is 5.04. The number of anilines is 1. The van der Waals surface area contributed by atoms with Gasteiger partial charge in [0.2, 0.25) is 5.91 Å². The zero-order valence-electron chi connectivity index (χ0n) is 12.8. The Bertz CT molecular complexity index is 836. The maximum atomic E-state index is 12.2.